The van der Waals surface area contributed by atoms with Gasteiger partial charge < -0.3 is 41.6 Å². The first-order valence-electron chi connectivity index (χ1n) is 19.0. The Morgan fingerprint density at radius 2 is 1.25 bits per heavy atom. The molecule has 3 atom stereocenters. The van der Waals surface area contributed by atoms with Gasteiger partial charge in [-0.05, 0) is 47.9 Å². The van der Waals surface area contributed by atoms with Gasteiger partial charge in [-0.2, -0.15) is 9.58 Å². The number of unbranched alkanes of at least 4 members (excludes halogenated alkanes) is 5. The number of nitrogens with zero attached hydrogens (tertiary/aromatic N) is 4. The number of carbonyl (C=O) groups is 7. The largest absolute Gasteiger partial charge is 0.480 e. The average Bonchev–Trinajstić information content (AvgIpc) is 3.51. The smallest absolute Gasteiger partial charge is 0.407 e. The number of Topliss-reactive ketones (excluding diaryl/α,β-unsaturated/α-hetero) is 2. The van der Waals surface area contributed by atoms with Gasteiger partial charge in [-0.25, -0.2) is 14.4 Å². The minimum Gasteiger partial charge on any atom is -0.480 e. The van der Waals surface area contributed by atoms with Crippen molar-refractivity contribution in [2.24, 2.45) is 0 Å². The Bertz CT molecular complexity index is 1810. The lowest BCUT2D eigenvalue weighted by atomic mass is 9.98. The zero-order chi connectivity index (χ0) is 41.6. The van der Waals surface area contributed by atoms with Crippen LogP contribution < -0.4 is 16.0 Å². The van der Waals surface area contributed by atoms with Crippen molar-refractivity contribution in [3.8, 4) is 11.1 Å². The van der Waals surface area contributed by atoms with Crippen LogP contribution in [0.4, 0.5) is 4.79 Å². The highest BCUT2D eigenvalue weighted by Gasteiger charge is 2.32. The van der Waals surface area contributed by atoms with Gasteiger partial charge in [-0.15, -0.1) is 0 Å². The summed E-state index contributed by atoms with van der Waals surface area (Å²) in [5.74, 6) is -5.73. The number of carboxylic acids is 1. The molecular formula is C40H49N7O10. The number of ether oxygens (including phenoxy) is 2. The minimum atomic E-state index is -1.59. The summed E-state index contributed by atoms with van der Waals surface area (Å²) < 4.78 is 11.1. The Morgan fingerprint density at radius 3 is 1.82 bits per heavy atom. The Balaban J connectivity index is 1.69. The molecule has 4 N–H and O–H groups in total. The zero-order valence-corrected chi connectivity index (χ0v) is 31.9. The van der Waals surface area contributed by atoms with E-state index in [-0.39, 0.29) is 44.8 Å². The number of hydrogen-bond acceptors (Lipinski definition) is 9. The fourth-order valence-corrected chi connectivity index (χ4v) is 6.36. The Morgan fingerprint density at radius 1 is 0.702 bits per heavy atom. The fraction of sp³-hybridized carbons (Fsp3) is 0.475. The molecule has 2 aromatic rings. The fourth-order valence-electron chi connectivity index (χ4n) is 6.36. The molecule has 17 nitrogen and oxygen atoms in total. The maximum Gasteiger partial charge on any atom is 0.407 e. The van der Waals surface area contributed by atoms with Crippen molar-refractivity contribution in [1.82, 2.24) is 16.0 Å². The van der Waals surface area contributed by atoms with Crippen molar-refractivity contribution in [3.63, 3.8) is 0 Å². The van der Waals surface area contributed by atoms with Gasteiger partial charge in [0, 0.05) is 25.2 Å². The Hall–Kier alpha value is -6.31. The lowest BCUT2D eigenvalue weighted by Gasteiger charge is -2.22. The maximum atomic E-state index is 13.3. The average molecular weight is 788 g/mol. The standard InChI is InChI=1S/C40H49N7O10/c1-2-3-4-5-6-11-22-56-39(54)35(47-40(55)57-25-32-30-14-9-7-12-28(30)29-13-8-10-15-31(29)32)20-21-36(50)45-33(18-16-26(48)23-43-41)37(51)46-34(38(52)53)19-17-27(49)24-44-42/h7-10,12-15,23-24,32-35H,2-6,11,16-22,25H2,1H3,(H,45,50)(H,46,51)(H,47,55)(H,52,53)/t33-,34-,35-/m0/s1. The van der Waals surface area contributed by atoms with Gasteiger partial charge in [0.05, 0.1) is 6.61 Å². The number of alkyl carbamates (subject to hydrolysis) is 1. The third kappa shape index (κ3) is 15.0. The maximum absolute atomic E-state index is 13.3. The molecular weight excluding hydrogens is 738 g/mol. The molecule has 0 saturated carbocycles. The molecule has 1 aliphatic carbocycles. The van der Waals surface area contributed by atoms with Crippen molar-refractivity contribution in [3.05, 3.63) is 70.7 Å². The molecule has 0 unspecified atom stereocenters. The lowest BCUT2D eigenvalue weighted by molar-refractivity contribution is -0.146. The predicted octanol–water partition coefficient (Wildman–Crippen LogP) is 3.93. The van der Waals surface area contributed by atoms with E-state index >= 15 is 0 Å². The third-order valence-electron chi connectivity index (χ3n) is 9.35. The van der Waals surface area contributed by atoms with Crippen LogP contribution in [0.15, 0.2) is 48.5 Å². The van der Waals surface area contributed by atoms with E-state index in [9.17, 15) is 38.7 Å². The van der Waals surface area contributed by atoms with Crippen LogP contribution >= 0.6 is 0 Å². The van der Waals surface area contributed by atoms with Gasteiger partial charge >= 0.3 is 30.5 Å². The Kier molecular flexibility index (Phi) is 19.2. The van der Waals surface area contributed by atoms with Crippen molar-refractivity contribution in [1.29, 1.82) is 0 Å². The Labute approximate surface area is 330 Å². The second kappa shape index (κ2) is 24.3. The number of carboxylic acid groups (broad SMARTS) is 1. The van der Waals surface area contributed by atoms with E-state index < -0.39 is 72.4 Å². The number of carbonyl (C=O) groups excluding carboxylic acids is 6. The summed E-state index contributed by atoms with van der Waals surface area (Å²) >= 11 is 0. The molecule has 0 fully saturated rings. The van der Waals surface area contributed by atoms with Crippen LogP contribution in [0.5, 0.6) is 0 Å². The lowest BCUT2D eigenvalue weighted by Crippen LogP contribution is -2.52. The topological polar surface area (TPSA) is 267 Å². The second-order valence-electron chi connectivity index (χ2n) is 13.5. The summed E-state index contributed by atoms with van der Waals surface area (Å²) in [4.78, 5) is 93.7. The normalized spacial score (nSPS) is 12.9. The van der Waals surface area contributed by atoms with E-state index in [0.717, 1.165) is 54.4 Å². The number of ketones is 2. The van der Waals surface area contributed by atoms with Crippen LogP contribution in [-0.4, -0.2) is 99.9 Å². The summed E-state index contributed by atoms with van der Waals surface area (Å²) in [6.07, 6.45) is 3.73. The molecule has 0 saturated heterocycles. The summed E-state index contributed by atoms with van der Waals surface area (Å²) in [7, 11) is 0. The first-order chi connectivity index (χ1) is 27.5. The minimum absolute atomic E-state index is 0.0309. The molecule has 0 spiro atoms. The molecule has 0 bridgehead atoms. The van der Waals surface area contributed by atoms with Gasteiger partial charge in [-0.3, -0.25) is 19.2 Å². The highest BCUT2D eigenvalue weighted by Crippen LogP contribution is 2.44. The summed E-state index contributed by atoms with van der Waals surface area (Å²) in [6, 6.07) is 11.2. The van der Waals surface area contributed by atoms with Crippen LogP contribution in [0, 0.1) is 0 Å². The highest BCUT2D eigenvalue weighted by molar-refractivity contribution is 6.25. The molecule has 304 valence electrons. The van der Waals surface area contributed by atoms with E-state index in [0.29, 0.717) is 18.9 Å². The molecule has 17 heteroatoms. The predicted molar refractivity (Wildman–Crippen MR) is 205 cm³/mol. The summed E-state index contributed by atoms with van der Waals surface area (Å²) in [5.41, 5.74) is 21.3. The number of nitrogens with one attached hydrogen (secondary N) is 3. The molecule has 2 aromatic carbocycles. The van der Waals surface area contributed by atoms with E-state index in [4.69, 9.17) is 20.5 Å². The van der Waals surface area contributed by atoms with Gasteiger partial charge in [0.1, 0.15) is 24.7 Å². The molecule has 57 heavy (non-hydrogen) atoms. The van der Waals surface area contributed by atoms with E-state index in [1.807, 2.05) is 48.5 Å². The van der Waals surface area contributed by atoms with Crippen LogP contribution in [0.2, 0.25) is 0 Å². The number of benzene rings is 2. The quantitative estimate of drug-likeness (QED) is 0.0351. The summed E-state index contributed by atoms with van der Waals surface area (Å²) in [5, 5.41) is 16.8. The number of amides is 3. The molecule has 0 aliphatic heterocycles. The summed E-state index contributed by atoms with van der Waals surface area (Å²) in [6.45, 7) is 2.17. The van der Waals surface area contributed by atoms with Crippen molar-refractivity contribution in [2.75, 3.05) is 13.2 Å². The van der Waals surface area contributed by atoms with E-state index in [1.165, 1.54) is 0 Å². The molecule has 0 aromatic heterocycles. The second-order valence-corrected chi connectivity index (χ2v) is 13.5. The van der Waals surface area contributed by atoms with Crippen LogP contribution in [0.1, 0.15) is 101 Å². The molecule has 3 rings (SSSR count). The van der Waals surface area contributed by atoms with E-state index in [2.05, 4.69) is 32.5 Å². The van der Waals surface area contributed by atoms with Crippen molar-refractivity contribution < 1.29 is 57.7 Å². The zero-order valence-electron chi connectivity index (χ0n) is 31.9. The van der Waals surface area contributed by atoms with Crippen molar-refractivity contribution in [2.45, 2.75) is 108 Å². The number of fused-ring (bicyclic) bond motifs is 3. The van der Waals surface area contributed by atoms with Crippen LogP contribution in [-0.2, 0) is 38.2 Å². The molecule has 3 amide bonds. The third-order valence-corrected chi connectivity index (χ3v) is 9.35. The van der Waals surface area contributed by atoms with E-state index in [1.54, 1.807) is 0 Å². The first kappa shape index (κ1) is 45.1. The van der Waals surface area contributed by atoms with Gasteiger partial charge in [0.2, 0.25) is 23.4 Å². The number of hydrogen-bond donors (Lipinski definition) is 4. The monoisotopic (exact) mass is 787 g/mol. The van der Waals surface area contributed by atoms with Crippen LogP contribution in [0.3, 0.4) is 0 Å². The number of rotatable bonds is 26. The van der Waals surface area contributed by atoms with Crippen LogP contribution in [0.25, 0.3) is 22.2 Å². The molecule has 0 heterocycles. The first-order valence-corrected chi connectivity index (χ1v) is 19.0. The molecule has 1 aliphatic rings. The van der Waals surface area contributed by atoms with Gasteiger partial charge in [0.15, 0.2) is 0 Å². The number of aliphatic carboxylic acids is 1. The SMILES string of the molecule is CCCCCCCCOC(=O)[C@H](CCC(=O)N[C@@H](CCC(=O)C=[N+]=[N-])C(=O)N[C@@H](CCC(=O)C=[N+]=[N-])C(=O)O)NC(=O)OCC1c2ccccc2-c2ccccc21. The van der Waals surface area contributed by atoms with Crippen molar-refractivity contribution >= 4 is 53.8 Å². The van der Waals surface area contributed by atoms with Gasteiger partial charge in [-0.1, -0.05) is 87.6 Å². The number of esters is 1. The molecule has 0 radical (unpaired) electrons. The highest BCUT2D eigenvalue weighted by atomic mass is 16.6. The van der Waals surface area contributed by atoms with Gasteiger partial charge in [0.25, 0.3) is 0 Å².